The molecule has 4 N–H and O–H groups in total. The fraction of sp³-hybridized carbons (Fsp3) is 0.579. The predicted octanol–water partition coefficient (Wildman–Crippen LogP) is 1.90. The maximum absolute atomic E-state index is 12.2. The van der Waals surface area contributed by atoms with Gasteiger partial charge in [0.1, 0.15) is 0 Å². The molecule has 1 atom stereocenters. The number of morpholine rings is 1. The van der Waals surface area contributed by atoms with Gasteiger partial charge in [-0.3, -0.25) is 14.5 Å². The molecule has 2 amide bonds. The molecular formula is C19H32Cl2N4O3. The number of anilines is 1. The molecule has 0 bridgehead atoms. The second kappa shape index (κ2) is 12.2. The Labute approximate surface area is 179 Å². The van der Waals surface area contributed by atoms with Crippen LogP contribution in [0, 0.1) is 5.41 Å². The predicted molar refractivity (Wildman–Crippen MR) is 117 cm³/mol. The van der Waals surface area contributed by atoms with Crippen LogP contribution in [0.25, 0.3) is 0 Å². The van der Waals surface area contributed by atoms with Gasteiger partial charge < -0.3 is 21.1 Å². The summed E-state index contributed by atoms with van der Waals surface area (Å²) < 4.78 is 5.30. The fourth-order valence-corrected chi connectivity index (χ4v) is 2.57. The number of ether oxygens (including phenoxy) is 1. The van der Waals surface area contributed by atoms with Crippen molar-refractivity contribution in [3.05, 3.63) is 29.8 Å². The van der Waals surface area contributed by atoms with E-state index >= 15 is 0 Å². The Bertz CT molecular complexity index is 615. The van der Waals surface area contributed by atoms with Gasteiger partial charge in [-0.15, -0.1) is 24.8 Å². The van der Waals surface area contributed by atoms with E-state index in [1.54, 1.807) is 24.3 Å². The van der Waals surface area contributed by atoms with E-state index in [2.05, 4.69) is 15.5 Å². The second-order valence-electron chi connectivity index (χ2n) is 7.62. The summed E-state index contributed by atoms with van der Waals surface area (Å²) in [5.74, 6) is -0.359. The van der Waals surface area contributed by atoms with Crippen LogP contribution in [0.2, 0.25) is 0 Å². The lowest BCUT2D eigenvalue weighted by atomic mass is 9.87. The fourth-order valence-electron chi connectivity index (χ4n) is 2.57. The van der Waals surface area contributed by atoms with E-state index in [4.69, 9.17) is 10.5 Å². The number of nitrogens with zero attached hydrogens (tertiary/aromatic N) is 1. The number of nitrogens with one attached hydrogen (secondary N) is 2. The molecule has 2 rings (SSSR count). The van der Waals surface area contributed by atoms with Gasteiger partial charge in [-0.1, -0.05) is 20.8 Å². The molecule has 0 aliphatic carbocycles. The quantitative estimate of drug-likeness (QED) is 0.635. The third kappa shape index (κ3) is 8.32. The number of hydrogen-bond acceptors (Lipinski definition) is 5. The van der Waals surface area contributed by atoms with Gasteiger partial charge in [-0.05, 0) is 29.7 Å². The van der Waals surface area contributed by atoms with Crippen LogP contribution >= 0.6 is 24.8 Å². The smallest absolute Gasteiger partial charge is 0.251 e. The normalized spacial score (nSPS) is 15.6. The molecule has 9 heteroatoms. The molecule has 0 unspecified atom stereocenters. The van der Waals surface area contributed by atoms with E-state index < -0.39 is 6.04 Å². The maximum atomic E-state index is 12.2. The number of benzene rings is 1. The molecule has 0 aromatic heterocycles. The van der Waals surface area contributed by atoms with E-state index in [0.717, 1.165) is 32.8 Å². The average Bonchev–Trinajstić information content (AvgIpc) is 2.61. The van der Waals surface area contributed by atoms with Crippen molar-refractivity contribution in [3.8, 4) is 0 Å². The van der Waals surface area contributed by atoms with E-state index in [0.29, 0.717) is 17.8 Å². The van der Waals surface area contributed by atoms with Crippen molar-refractivity contribution < 1.29 is 14.3 Å². The van der Waals surface area contributed by atoms with Crippen LogP contribution in [-0.2, 0) is 9.53 Å². The third-order valence-corrected chi connectivity index (χ3v) is 4.45. The van der Waals surface area contributed by atoms with Crippen LogP contribution < -0.4 is 16.4 Å². The zero-order valence-electron chi connectivity index (χ0n) is 16.7. The Hall–Kier alpha value is -1.38. The van der Waals surface area contributed by atoms with Crippen LogP contribution in [0.5, 0.6) is 0 Å². The van der Waals surface area contributed by atoms with Crippen LogP contribution in [0.1, 0.15) is 31.1 Å². The molecule has 1 aromatic rings. The molecule has 28 heavy (non-hydrogen) atoms. The third-order valence-electron chi connectivity index (χ3n) is 4.45. The first-order valence-electron chi connectivity index (χ1n) is 9.02. The van der Waals surface area contributed by atoms with E-state index in [1.807, 2.05) is 20.8 Å². The summed E-state index contributed by atoms with van der Waals surface area (Å²) in [6.07, 6.45) is 0. The van der Waals surface area contributed by atoms with E-state index in [1.165, 1.54) is 0 Å². The topological polar surface area (TPSA) is 96.7 Å². The van der Waals surface area contributed by atoms with Crippen molar-refractivity contribution >= 4 is 42.3 Å². The van der Waals surface area contributed by atoms with Gasteiger partial charge in [-0.25, -0.2) is 0 Å². The van der Waals surface area contributed by atoms with Gasteiger partial charge in [-0.2, -0.15) is 0 Å². The minimum atomic E-state index is -0.606. The van der Waals surface area contributed by atoms with Gasteiger partial charge in [0.15, 0.2) is 0 Å². The van der Waals surface area contributed by atoms with Crippen molar-refractivity contribution in [3.63, 3.8) is 0 Å². The van der Waals surface area contributed by atoms with E-state index in [-0.39, 0.29) is 42.0 Å². The van der Waals surface area contributed by atoms with Gasteiger partial charge >= 0.3 is 0 Å². The molecule has 160 valence electrons. The summed E-state index contributed by atoms with van der Waals surface area (Å²) in [6.45, 7) is 10.5. The number of carbonyl (C=O) groups is 2. The number of amides is 2. The SMILES string of the molecule is CC(C)(C)[C@H](N)C(=O)Nc1ccc(C(=O)NCCN2CCOCC2)cc1.Cl.Cl. The number of rotatable bonds is 6. The van der Waals surface area contributed by atoms with Crippen molar-refractivity contribution in [1.29, 1.82) is 0 Å². The highest BCUT2D eigenvalue weighted by Crippen LogP contribution is 2.19. The first-order chi connectivity index (χ1) is 12.3. The second-order valence-corrected chi connectivity index (χ2v) is 7.62. The van der Waals surface area contributed by atoms with E-state index in [9.17, 15) is 9.59 Å². The van der Waals surface area contributed by atoms with Crippen LogP contribution in [-0.4, -0.2) is 62.1 Å². The summed E-state index contributed by atoms with van der Waals surface area (Å²) in [6, 6.07) is 6.21. The lowest BCUT2D eigenvalue weighted by Crippen LogP contribution is -2.45. The minimum Gasteiger partial charge on any atom is -0.379 e. The molecular weight excluding hydrogens is 403 g/mol. The molecule has 1 aliphatic heterocycles. The summed E-state index contributed by atoms with van der Waals surface area (Å²) in [7, 11) is 0. The molecule has 1 fully saturated rings. The maximum Gasteiger partial charge on any atom is 0.251 e. The number of hydrogen-bond donors (Lipinski definition) is 3. The van der Waals surface area contributed by atoms with Gasteiger partial charge in [0.25, 0.3) is 5.91 Å². The standard InChI is InChI=1S/C19H30N4O3.2ClH/c1-19(2,3)16(20)18(25)22-15-6-4-14(5-7-15)17(24)21-8-9-23-10-12-26-13-11-23;;/h4-7,16H,8-13,20H2,1-3H3,(H,21,24)(H,22,25);2*1H/t16-;;/m1../s1. The average molecular weight is 435 g/mol. The molecule has 0 saturated carbocycles. The largest absolute Gasteiger partial charge is 0.379 e. The number of halogens is 2. The molecule has 7 nitrogen and oxygen atoms in total. The Kier molecular flexibility index (Phi) is 11.6. The Morgan fingerprint density at radius 3 is 2.25 bits per heavy atom. The Balaban J connectivity index is 0.00000364. The highest BCUT2D eigenvalue weighted by molar-refractivity contribution is 5.97. The van der Waals surface area contributed by atoms with Crippen LogP contribution in [0.4, 0.5) is 5.69 Å². The first kappa shape index (κ1) is 26.6. The van der Waals surface area contributed by atoms with Crippen molar-refractivity contribution in [2.45, 2.75) is 26.8 Å². The summed E-state index contributed by atoms with van der Waals surface area (Å²) in [5.41, 5.74) is 6.82. The van der Waals surface area contributed by atoms with Crippen LogP contribution in [0.3, 0.4) is 0 Å². The lowest BCUT2D eigenvalue weighted by Gasteiger charge is -2.26. The number of nitrogens with two attached hydrogens (primary N) is 1. The molecule has 0 spiro atoms. The van der Waals surface area contributed by atoms with Crippen molar-refractivity contribution in [2.24, 2.45) is 11.1 Å². The highest BCUT2D eigenvalue weighted by atomic mass is 35.5. The minimum absolute atomic E-state index is 0. The Morgan fingerprint density at radius 2 is 1.71 bits per heavy atom. The lowest BCUT2D eigenvalue weighted by molar-refractivity contribution is -0.119. The van der Waals surface area contributed by atoms with Gasteiger partial charge in [0.2, 0.25) is 5.91 Å². The molecule has 1 aromatic carbocycles. The van der Waals surface area contributed by atoms with Crippen molar-refractivity contribution in [2.75, 3.05) is 44.7 Å². The zero-order valence-corrected chi connectivity index (χ0v) is 18.3. The monoisotopic (exact) mass is 434 g/mol. The molecule has 1 aliphatic rings. The van der Waals surface area contributed by atoms with Gasteiger partial charge in [0, 0.05) is 37.4 Å². The molecule has 1 heterocycles. The molecule has 0 radical (unpaired) electrons. The highest BCUT2D eigenvalue weighted by Gasteiger charge is 2.27. The Morgan fingerprint density at radius 1 is 1.14 bits per heavy atom. The van der Waals surface area contributed by atoms with Crippen molar-refractivity contribution in [1.82, 2.24) is 10.2 Å². The summed E-state index contributed by atoms with van der Waals surface area (Å²) in [5, 5.41) is 5.70. The molecule has 1 saturated heterocycles. The first-order valence-corrected chi connectivity index (χ1v) is 9.02. The van der Waals surface area contributed by atoms with Crippen LogP contribution in [0.15, 0.2) is 24.3 Å². The summed E-state index contributed by atoms with van der Waals surface area (Å²) in [4.78, 5) is 26.6. The zero-order chi connectivity index (χ0) is 19.2. The van der Waals surface area contributed by atoms with Gasteiger partial charge in [0.05, 0.1) is 19.3 Å². The summed E-state index contributed by atoms with van der Waals surface area (Å²) >= 11 is 0. The number of carbonyl (C=O) groups excluding carboxylic acids is 2.